The van der Waals surface area contributed by atoms with Crippen LogP contribution in [-0.2, 0) is 12.8 Å². The molecule has 0 fully saturated rings. The van der Waals surface area contributed by atoms with Crippen molar-refractivity contribution in [1.82, 2.24) is 0 Å². The van der Waals surface area contributed by atoms with Gasteiger partial charge in [-0.15, -0.1) is 0 Å². The molecule has 0 spiro atoms. The lowest BCUT2D eigenvalue weighted by Crippen LogP contribution is -2.01. The lowest BCUT2D eigenvalue weighted by atomic mass is 9.87. The molecule has 0 N–H and O–H groups in total. The zero-order valence-corrected chi connectivity index (χ0v) is 16.0. The summed E-state index contributed by atoms with van der Waals surface area (Å²) >= 11 is 0. The van der Waals surface area contributed by atoms with Crippen molar-refractivity contribution in [3.8, 4) is 0 Å². The molecule has 0 aromatic heterocycles. The Labute approximate surface area is 158 Å². The van der Waals surface area contributed by atoms with Crippen LogP contribution < -0.4 is 0 Å². The van der Waals surface area contributed by atoms with Crippen LogP contribution in [0, 0.1) is 0 Å². The first-order valence-corrected chi connectivity index (χ1v) is 10.1. The summed E-state index contributed by atoms with van der Waals surface area (Å²) in [6.07, 6.45) is 11.9. The molecule has 2 aliphatic rings. The molecular weight excluding hydrogens is 312 g/mol. The Balaban J connectivity index is 1.79. The molecule has 0 bridgehead atoms. The largest absolute Gasteiger partial charge is 0.0651 e. The van der Waals surface area contributed by atoms with Crippen molar-refractivity contribution in [1.29, 1.82) is 0 Å². The molecule has 0 aliphatic heterocycles. The lowest BCUT2D eigenvalue weighted by molar-refractivity contribution is 0.790. The first kappa shape index (κ1) is 17.1. The van der Waals surface area contributed by atoms with Crippen LogP contribution >= 0.6 is 0 Å². The first-order chi connectivity index (χ1) is 12.8. The predicted octanol–water partition coefficient (Wildman–Crippen LogP) is 7.16. The Kier molecular flexibility index (Phi) is 4.93. The molecule has 0 saturated carbocycles. The summed E-state index contributed by atoms with van der Waals surface area (Å²) in [5.41, 5.74) is 12.1. The van der Waals surface area contributed by atoms with Crippen molar-refractivity contribution >= 4 is 12.2 Å². The van der Waals surface area contributed by atoms with Crippen molar-refractivity contribution < 1.29 is 0 Å². The number of rotatable bonds is 6. The minimum atomic E-state index is 1.08. The van der Waals surface area contributed by atoms with Crippen LogP contribution in [0.15, 0.2) is 70.8 Å². The van der Waals surface area contributed by atoms with E-state index >= 15 is 0 Å². The molecule has 26 heavy (non-hydrogen) atoms. The number of fused-ring (bicyclic) bond motifs is 2. The van der Waals surface area contributed by atoms with Gasteiger partial charge in [0, 0.05) is 0 Å². The maximum Gasteiger partial charge on any atom is -0.00136 e. The number of hydrogen-bond acceptors (Lipinski definition) is 0. The highest BCUT2D eigenvalue weighted by Gasteiger charge is 2.24. The quantitative estimate of drug-likeness (QED) is 0.523. The summed E-state index contributed by atoms with van der Waals surface area (Å²) in [5, 5.41) is 0. The fourth-order valence-corrected chi connectivity index (χ4v) is 4.52. The van der Waals surface area contributed by atoms with Crippen LogP contribution in [0.5, 0.6) is 0 Å². The molecule has 0 amide bonds. The van der Waals surface area contributed by atoms with Gasteiger partial charge in [0.05, 0.1) is 0 Å². The molecule has 0 nitrogen and oxygen atoms in total. The van der Waals surface area contributed by atoms with Gasteiger partial charge in [-0.05, 0) is 64.7 Å². The SMILES string of the molecule is CCCC(CCC)=C(C1=Cc2ccccc2C1)C1=Cc2ccccc2C1. The van der Waals surface area contributed by atoms with Crippen LogP contribution in [0.3, 0.4) is 0 Å². The van der Waals surface area contributed by atoms with E-state index in [2.05, 4.69) is 74.5 Å². The third-order valence-corrected chi connectivity index (χ3v) is 5.63. The second kappa shape index (κ2) is 7.50. The Hall–Kier alpha value is -2.34. The van der Waals surface area contributed by atoms with Crippen LogP contribution in [0.25, 0.3) is 12.2 Å². The fourth-order valence-electron chi connectivity index (χ4n) is 4.52. The predicted molar refractivity (Wildman–Crippen MR) is 113 cm³/mol. The second-order valence-electron chi connectivity index (χ2n) is 7.57. The summed E-state index contributed by atoms with van der Waals surface area (Å²) in [6, 6.07) is 17.7. The molecule has 132 valence electrons. The summed E-state index contributed by atoms with van der Waals surface area (Å²) in [4.78, 5) is 0. The minimum Gasteiger partial charge on any atom is -0.0651 e. The highest BCUT2D eigenvalue weighted by atomic mass is 14.3. The third-order valence-electron chi connectivity index (χ3n) is 5.63. The molecule has 2 aliphatic carbocycles. The van der Waals surface area contributed by atoms with Gasteiger partial charge in [0.25, 0.3) is 0 Å². The third kappa shape index (κ3) is 3.21. The van der Waals surface area contributed by atoms with Crippen molar-refractivity contribution in [2.75, 3.05) is 0 Å². The van der Waals surface area contributed by atoms with E-state index in [1.54, 1.807) is 11.1 Å². The molecule has 2 aromatic rings. The highest BCUT2D eigenvalue weighted by Crippen LogP contribution is 2.40. The number of hydrogen-bond donors (Lipinski definition) is 0. The van der Waals surface area contributed by atoms with E-state index in [9.17, 15) is 0 Å². The van der Waals surface area contributed by atoms with E-state index in [0.29, 0.717) is 0 Å². The van der Waals surface area contributed by atoms with Crippen LogP contribution in [-0.4, -0.2) is 0 Å². The van der Waals surface area contributed by atoms with Gasteiger partial charge < -0.3 is 0 Å². The molecule has 0 unspecified atom stereocenters. The van der Waals surface area contributed by atoms with E-state index in [1.165, 1.54) is 59.1 Å². The Morgan fingerprint density at radius 1 is 0.692 bits per heavy atom. The zero-order valence-electron chi connectivity index (χ0n) is 16.0. The molecule has 2 aromatic carbocycles. The van der Waals surface area contributed by atoms with E-state index in [0.717, 1.165) is 12.8 Å². The molecular formula is C26H28. The van der Waals surface area contributed by atoms with Gasteiger partial charge in [-0.1, -0.05) is 92.9 Å². The van der Waals surface area contributed by atoms with Crippen molar-refractivity contribution in [2.24, 2.45) is 0 Å². The molecule has 4 rings (SSSR count). The maximum absolute atomic E-state index is 2.44. The van der Waals surface area contributed by atoms with E-state index in [-0.39, 0.29) is 0 Å². The number of benzene rings is 2. The van der Waals surface area contributed by atoms with Gasteiger partial charge in [0.2, 0.25) is 0 Å². The number of allylic oxidation sites excluding steroid dienone is 4. The van der Waals surface area contributed by atoms with E-state index < -0.39 is 0 Å². The average molecular weight is 341 g/mol. The zero-order chi connectivity index (χ0) is 17.9. The molecule has 0 atom stereocenters. The van der Waals surface area contributed by atoms with Crippen LogP contribution in [0.2, 0.25) is 0 Å². The summed E-state index contributed by atoms with van der Waals surface area (Å²) in [5.74, 6) is 0. The average Bonchev–Trinajstić information content (AvgIpc) is 3.26. The van der Waals surface area contributed by atoms with Crippen molar-refractivity contribution in [2.45, 2.75) is 52.4 Å². The normalized spacial score (nSPS) is 14.5. The second-order valence-corrected chi connectivity index (χ2v) is 7.57. The molecule has 0 saturated heterocycles. The summed E-state index contributed by atoms with van der Waals surface area (Å²) in [7, 11) is 0. The summed E-state index contributed by atoms with van der Waals surface area (Å²) < 4.78 is 0. The van der Waals surface area contributed by atoms with Gasteiger partial charge in [-0.2, -0.15) is 0 Å². The monoisotopic (exact) mass is 340 g/mol. The molecule has 0 heteroatoms. The molecule has 0 heterocycles. The standard InChI is InChI=1S/C26H28/c1-3-9-19(10-4-2)26(24-15-20-11-5-6-12-21(20)16-24)25-17-22-13-7-8-14-23(22)18-25/h5-8,11-15,17H,3-4,9-10,16,18H2,1-2H3. The smallest absolute Gasteiger partial charge is 0.00136 e. The minimum absolute atomic E-state index is 1.08. The fraction of sp³-hybridized carbons (Fsp3) is 0.308. The maximum atomic E-state index is 2.44. The van der Waals surface area contributed by atoms with Crippen LogP contribution in [0.4, 0.5) is 0 Å². The van der Waals surface area contributed by atoms with Gasteiger partial charge in [-0.3, -0.25) is 0 Å². The van der Waals surface area contributed by atoms with Crippen molar-refractivity contribution in [3.05, 3.63) is 93.1 Å². The Morgan fingerprint density at radius 3 is 1.58 bits per heavy atom. The van der Waals surface area contributed by atoms with Gasteiger partial charge in [0.15, 0.2) is 0 Å². The summed E-state index contributed by atoms with van der Waals surface area (Å²) in [6.45, 7) is 4.62. The molecule has 0 radical (unpaired) electrons. The highest BCUT2D eigenvalue weighted by molar-refractivity contribution is 5.77. The van der Waals surface area contributed by atoms with Gasteiger partial charge in [0.1, 0.15) is 0 Å². The lowest BCUT2D eigenvalue weighted by Gasteiger charge is -2.18. The van der Waals surface area contributed by atoms with Gasteiger partial charge >= 0.3 is 0 Å². The Bertz CT molecular complexity index is 832. The van der Waals surface area contributed by atoms with E-state index in [1.807, 2.05) is 0 Å². The van der Waals surface area contributed by atoms with Gasteiger partial charge in [-0.25, -0.2) is 0 Å². The first-order valence-electron chi connectivity index (χ1n) is 10.1. The van der Waals surface area contributed by atoms with E-state index in [4.69, 9.17) is 0 Å². The topological polar surface area (TPSA) is 0 Å². The van der Waals surface area contributed by atoms with Crippen molar-refractivity contribution in [3.63, 3.8) is 0 Å². The van der Waals surface area contributed by atoms with Crippen LogP contribution in [0.1, 0.15) is 61.8 Å². The Morgan fingerprint density at radius 2 is 1.15 bits per heavy atom.